The Balaban J connectivity index is 2.32. The van der Waals surface area contributed by atoms with E-state index in [1.54, 1.807) is 14.2 Å². The molecule has 0 unspecified atom stereocenters. The summed E-state index contributed by atoms with van der Waals surface area (Å²) in [5.74, 6) is 1.42. The molecule has 0 aliphatic carbocycles. The lowest BCUT2D eigenvalue weighted by atomic mass is 10.1. The van der Waals surface area contributed by atoms with Gasteiger partial charge >= 0.3 is 0 Å². The number of rotatable bonds is 3. The van der Waals surface area contributed by atoms with E-state index in [9.17, 15) is 0 Å². The maximum Gasteiger partial charge on any atom is 0.162 e. The summed E-state index contributed by atoms with van der Waals surface area (Å²) in [6, 6.07) is 3.81. The van der Waals surface area contributed by atoms with Crippen molar-refractivity contribution in [2.75, 3.05) is 37.9 Å². The van der Waals surface area contributed by atoms with E-state index in [0.29, 0.717) is 5.75 Å². The van der Waals surface area contributed by atoms with Crippen LogP contribution in [0.15, 0.2) is 12.1 Å². The molecule has 94 valence electrons. The highest BCUT2D eigenvalue weighted by atomic mass is 16.5. The fourth-order valence-corrected chi connectivity index (χ4v) is 2.29. The molecule has 2 rings (SSSR count). The molecule has 2 N–H and O–H groups in total. The van der Waals surface area contributed by atoms with Gasteiger partial charge in [0.05, 0.1) is 25.6 Å². The van der Waals surface area contributed by atoms with E-state index in [1.807, 2.05) is 12.1 Å². The van der Waals surface area contributed by atoms with E-state index in [0.717, 1.165) is 30.2 Å². The number of benzene rings is 1. The van der Waals surface area contributed by atoms with Gasteiger partial charge in [-0.2, -0.15) is 0 Å². The Morgan fingerprint density at radius 1 is 1.00 bits per heavy atom. The number of ether oxygens (including phenoxy) is 2. The normalized spacial score (nSPS) is 15.8. The Hall–Kier alpha value is -1.58. The van der Waals surface area contributed by atoms with Gasteiger partial charge in [0.2, 0.25) is 0 Å². The number of hydrogen-bond acceptors (Lipinski definition) is 4. The summed E-state index contributed by atoms with van der Waals surface area (Å²) in [5.41, 5.74) is 7.89. The monoisotopic (exact) mass is 236 g/mol. The molecule has 0 radical (unpaired) electrons. The summed E-state index contributed by atoms with van der Waals surface area (Å²) in [6.45, 7) is 2.14. The third-order valence-corrected chi connectivity index (χ3v) is 3.23. The molecule has 0 bridgehead atoms. The van der Waals surface area contributed by atoms with Gasteiger partial charge in [-0.1, -0.05) is 0 Å². The highest BCUT2D eigenvalue weighted by Gasteiger charge is 2.16. The first kappa shape index (κ1) is 11.9. The summed E-state index contributed by atoms with van der Waals surface area (Å²) in [4.78, 5) is 2.32. The van der Waals surface area contributed by atoms with E-state index in [-0.39, 0.29) is 0 Å². The molecule has 1 saturated heterocycles. The van der Waals surface area contributed by atoms with Gasteiger partial charge in [-0.3, -0.25) is 0 Å². The SMILES string of the molecule is COc1cc(N)c(N2CCCCC2)cc1OC. The topological polar surface area (TPSA) is 47.7 Å². The van der Waals surface area contributed by atoms with Crippen LogP contribution in [0.25, 0.3) is 0 Å². The second-order valence-electron chi connectivity index (χ2n) is 4.31. The van der Waals surface area contributed by atoms with Crippen LogP contribution in [0.3, 0.4) is 0 Å². The zero-order chi connectivity index (χ0) is 12.3. The Labute approximate surface area is 102 Å². The van der Waals surface area contributed by atoms with Crippen molar-refractivity contribution < 1.29 is 9.47 Å². The van der Waals surface area contributed by atoms with Crippen molar-refractivity contribution >= 4 is 11.4 Å². The molecular formula is C13H20N2O2. The number of hydrogen-bond donors (Lipinski definition) is 1. The van der Waals surface area contributed by atoms with Crippen LogP contribution in [-0.2, 0) is 0 Å². The summed E-state index contributed by atoms with van der Waals surface area (Å²) in [5, 5.41) is 0. The molecule has 1 aromatic carbocycles. The number of nitrogen functional groups attached to an aromatic ring is 1. The lowest BCUT2D eigenvalue weighted by molar-refractivity contribution is 0.355. The van der Waals surface area contributed by atoms with E-state index >= 15 is 0 Å². The third kappa shape index (κ3) is 2.40. The van der Waals surface area contributed by atoms with E-state index in [2.05, 4.69) is 4.90 Å². The first-order chi connectivity index (χ1) is 8.26. The van der Waals surface area contributed by atoms with Crippen molar-refractivity contribution in [2.45, 2.75) is 19.3 Å². The minimum atomic E-state index is 0.686. The summed E-state index contributed by atoms with van der Waals surface area (Å²) >= 11 is 0. The molecule has 1 heterocycles. The predicted octanol–water partition coefficient (Wildman–Crippen LogP) is 2.28. The minimum Gasteiger partial charge on any atom is -0.493 e. The lowest BCUT2D eigenvalue weighted by Gasteiger charge is -2.30. The number of nitrogens with zero attached hydrogens (tertiary/aromatic N) is 1. The van der Waals surface area contributed by atoms with Crippen LogP contribution < -0.4 is 20.1 Å². The molecule has 4 heteroatoms. The summed E-state index contributed by atoms with van der Waals surface area (Å²) in [6.07, 6.45) is 3.77. The lowest BCUT2D eigenvalue weighted by Crippen LogP contribution is -2.30. The fraction of sp³-hybridized carbons (Fsp3) is 0.538. The van der Waals surface area contributed by atoms with Gasteiger partial charge in [0, 0.05) is 25.2 Å². The molecule has 0 amide bonds. The quantitative estimate of drug-likeness (QED) is 0.818. The molecule has 1 aliphatic heterocycles. The number of anilines is 2. The molecule has 1 aromatic rings. The van der Waals surface area contributed by atoms with Gasteiger partial charge in [0.25, 0.3) is 0 Å². The van der Waals surface area contributed by atoms with Crippen molar-refractivity contribution in [3.05, 3.63) is 12.1 Å². The van der Waals surface area contributed by atoms with Crippen LogP contribution in [-0.4, -0.2) is 27.3 Å². The van der Waals surface area contributed by atoms with Crippen molar-refractivity contribution in [2.24, 2.45) is 0 Å². The van der Waals surface area contributed by atoms with Gasteiger partial charge in [0.1, 0.15) is 0 Å². The highest BCUT2D eigenvalue weighted by Crippen LogP contribution is 2.37. The van der Waals surface area contributed by atoms with E-state index < -0.39 is 0 Å². The largest absolute Gasteiger partial charge is 0.493 e. The molecule has 0 saturated carbocycles. The van der Waals surface area contributed by atoms with Gasteiger partial charge in [0.15, 0.2) is 11.5 Å². The second-order valence-corrected chi connectivity index (χ2v) is 4.31. The zero-order valence-electron chi connectivity index (χ0n) is 10.5. The highest BCUT2D eigenvalue weighted by molar-refractivity contribution is 5.73. The molecule has 1 fully saturated rings. The molecule has 1 aliphatic rings. The molecule has 0 aromatic heterocycles. The Bertz CT molecular complexity index is 387. The number of methoxy groups -OCH3 is 2. The minimum absolute atomic E-state index is 0.686. The van der Waals surface area contributed by atoms with Crippen LogP contribution in [0.4, 0.5) is 11.4 Å². The fourth-order valence-electron chi connectivity index (χ4n) is 2.29. The maximum absolute atomic E-state index is 6.07. The average Bonchev–Trinajstić information content (AvgIpc) is 2.39. The molecular weight excluding hydrogens is 216 g/mol. The Morgan fingerprint density at radius 3 is 2.18 bits per heavy atom. The second kappa shape index (κ2) is 5.17. The van der Waals surface area contributed by atoms with E-state index in [1.165, 1.54) is 19.3 Å². The van der Waals surface area contributed by atoms with Crippen LogP contribution in [0, 0.1) is 0 Å². The van der Waals surface area contributed by atoms with Gasteiger partial charge < -0.3 is 20.1 Å². The smallest absolute Gasteiger partial charge is 0.162 e. The Morgan fingerprint density at radius 2 is 1.59 bits per heavy atom. The number of nitrogens with two attached hydrogens (primary N) is 1. The summed E-state index contributed by atoms with van der Waals surface area (Å²) < 4.78 is 10.6. The van der Waals surface area contributed by atoms with Crippen molar-refractivity contribution in [3.8, 4) is 11.5 Å². The van der Waals surface area contributed by atoms with Crippen LogP contribution in [0.5, 0.6) is 11.5 Å². The van der Waals surface area contributed by atoms with Gasteiger partial charge in [-0.15, -0.1) is 0 Å². The molecule has 4 nitrogen and oxygen atoms in total. The van der Waals surface area contributed by atoms with Gasteiger partial charge in [-0.05, 0) is 19.3 Å². The third-order valence-electron chi connectivity index (χ3n) is 3.23. The van der Waals surface area contributed by atoms with Crippen LogP contribution in [0.1, 0.15) is 19.3 Å². The van der Waals surface area contributed by atoms with E-state index in [4.69, 9.17) is 15.2 Å². The molecule has 0 spiro atoms. The standard InChI is InChI=1S/C13H20N2O2/c1-16-12-8-10(14)11(9-13(12)17-2)15-6-4-3-5-7-15/h8-9H,3-7,14H2,1-2H3. The molecule has 0 atom stereocenters. The average molecular weight is 236 g/mol. The maximum atomic E-state index is 6.07. The zero-order valence-corrected chi connectivity index (χ0v) is 10.5. The van der Waals surface area contributed by atoms with Crippen molar-refractivity contribution in [1.29, 1.82) is 0 Å². The van der Waals surface area contributed by atoms with Gasteiger partial charge in [-0.25, -0.2) is 0 Å². The van der Waals surface area contributed by atoms with Crippen molar-refractivity contribution in [1.82, 2.24) is 0 Å². The number of piperidine rings is 1. The van der Waals surface area contributed by atoms with Crippen molar-refractivity contribution in [3.63, 3.8) is 0 Å². The van der Waals surface area contributed by atoms with Crippen LogP contribution >= 0.6 is 0 Å². The molecule has 17 heavy (non-hydrogen) atoms. The van der Waals surface area contributed by atoms with Crippen LogP contribution in [0.2, 0.25) is 0 Å². The first-order valence-corrected chi connectivity index (χ1v) is 6.02. The Kier molecular flexibility index (Phi) is 3.61. The predicted molar refractivity (Wildman–Crippen MR) is 70.0 cm³/mol. The first-order valence-electron chi connectivity index (χ1n) is 6.02. The summed E-state index contributed by atoms with van der Waals surface area (Å²) in [7, 11) is 3.27.